The summed E-state index contributed by atoms with van der Waals surface area (Å²) in [6, 6.07) is 0. The molecule has 0 amide bonds. The van der Waals surface area contributed by atoms with Crippen LogP contribution in [0.25, 0.3) is 0 Å². The van der Waals surface area contributed by atoms with Gasteiger partial charge in [-0.05, 0) is 6.92 Å². The van der Waals surface area contributed by atoms with Crippen molar-refractivity contribution >= 4 is 17.3 Å². The number of hydrogen-bond donors (Lipinski definition) is 2. The molecule has 0 spiro atoms. The summed E-state index contributed by atoms with van der Waals surface area (Å²) >= 11 is 0.980. The van der Waals surface area contributed by atoms with Gasteiger partial charge in [-0.3, -0.25) is 0 Å². The Kier molecular flexibility index (Phi) is 5.34. The minimum absolute atomic E-state index is 0.246. The van der Waals surface area contributed by atoms with Crippen molar-refractivity contribution in [2.24, 2.45) is 10.7 Å². The number of hydrogen-bond acceptors (Lipinski definition) is 3. The number of halogens is 3. The van der Waals surface area contributed by atoms with Crippen molar-refractivity contribution < 1.29 is 13.2 Å². The van der Waals surface area contributed by atoms with Crippen LogP contribution in [0, 0.1) is 0 Å². The molecule has 3 N–H and O–H groups in total. The standard InChI is InChI=1S/C11H15F3N4S/c1-7(2)5-17-10(15)16-4-3-9-18-8(6-19-9)11(12,13)14/h6H,1,3-5H2,2H3,(H3,15,16,17). The van der Waals surface area contributed by atoms with Crippen molar-refractivity contribution in [1.82, 2.24) is 10.3 Å². The van der Waals surface area contributed by atoms with Gasteiger partial charge in [0.1, 0.15) is 0 Å². The Balaban J connectivity index is 2.39. The first-order valence-electron chi connectivity index (χ1n) is 5.49. The number of alkyl halides is 3. The molecule has 0 aliphatic rings. The second-order valence-corrected chi connectivity index (χ2v) is 4.90. The van der Waals surface area contributed by atoms with E-state index in [0.29, 0.717) is 24.5 Å². The maximum atomic E-state index is 12.3. The van der Waals surface area contributed by atoms with Crippen molar-refractivity contribution in [3.8, 4) is 0 Å². The predicted octanol–water partition coefficient (Wildman–Crippen LogP) is 2.18. The lowest BCUT2D eigenvalue weighted by Gasteiger charge is -2.04. The third kappa shape index (κ3) is 5.73. The van der Waals surface area contributed by atoms with E-state index in [9.17, 15) is 13.2 Å². The van der Waals surface area contributed by atoms with Gasteiger partial charge in [0, 0.05) is 18.3 Å². The summed E-state index contributed by atoms with van der Waals surface area (Å²) in [5.41, 5.74) is 5.59. The normalized spacial score (nSPS) is 12.5. The molecule has 0 radical (unpaired) electrons. The van der Waals surface area contributed by atoms with Gasteiger partial charge >= 0.3 is 6.18 Å². The first-order chi connectivity index (χ1) is 8.79. The van der Waals surface area contributed by atoms with Gasteiger partial charge in [-0.2, -0.15) is 13.2 Å². The van der Waals surface area contributed by atoms with Gasteiger partial charge in [0.2, 0.25) is 0 Å². The van der Waals surface area contributed by atoms with E-state index < -0.39 is 11.9 Å². The molecule has 8 heteroatoms. The van der Waals surface area contributed by atoms with Crippen LogP contribution in [-0.4, -0.2) is 24.0 Å². The lowest BCUT2D eigenvalue weighted by Crippen LogP contribution is -2.33. The molecule has 4 nitrogen and oxygen atoms in total. The van der Waals surface area contributed by atoms with Crippen LogP contribution in [0.1, 0.15) is 17.6 Å². The number of aromatic nitrogens is 1. The quantitative estimate of drug-likeness (QED) is 0.497. The average Bonchev–Trinajstić information content (AvgIpc) is 2.74. The molecule has 0 aliphatic carbocycles. The highest BCUT2D eigenvalue weighted by molar-refractivity contribution is 7.09. The van der Waals surface area contributed by atoms with E-state index >= 15 is 0 Å². The van der Waals surface area contributed by atoms with Gasteiger partial charge in [-0.15, -0.1) is 11.3 Å². The van der Waals surface area contributed by atoms with Crippen LogP contribution >= 0.6 is 11.3 Å². The minimum atomic E-state index is -4.38. The molecule has 0 unspecified atom stereocenters. The molecule has 1 rings (SSSR count). The van der Waals surface area contributed by atoms with Gasteiger partial charge in [0.15, 0.2) is 11.7 Å². The molecule has 0 aliphatic heterocycles. The zero-order valence-electron chi connectivity index (χ0n) is 10.4. The van der Waals surface area contributed by atoms with E-state index in [-0.39, 0.29) is 5.96 Å². The summed E-state index contributed by atoms with van der Waals surface area (Å²) in [7, 11) is 0. The summed E-state index contributed by atoms with van der Waals surface area (Å²) < 4.78 is 36.9. The molecule has 0 bridgehead atoms. The molecule has 19 heavy (non-hydrogen) atoms. The van der Waals surface area contributed by atoms with Crippen LogP contribution in [0.2, 0.25) is 0 Å². The zero-order chi connectivity index (χ0) is 14.5. The predicted molar refractivity (Wildman–Crippen MR) is 70.1 cm³/mol. The van der Waals surface area contributed by atoms with Crippen LogP contribution in [0.4, 0.5) is 13.2 Å². The third-order valence-electron chi connectivity index (χ3n) is 2.01. The van der Waals surface area contributed by atoms with Crippen LogP contribution in [0.5, 0.6) is 0 Å². The Morgan fingerprint density at radius 1 is 1.58 bits per heavy atom. The second kappa shape index (κ2) is 6.55. The number of aliphatic imine (C=N–C) groups is 1. The minimum Gasteiger partial charge on any atom is -0.370 e. The second-order valence-electron chi connectivity index (χ2n) is 3.96. The van der Waals surface area contributed by atoms with E-state index in [1.165, 1.54) is 0 Å². The Labute approximate surface area is 113 Å². The molecular weight excluding hydrogens is 277 g/mol. The van der Waals surface area contributed by atoms with E-state index in [1.807, 2.05) is 6.92 Å². The maximum absolute atomic E-state index is 12.3. The largest absolute Gasteiger partial charge is 0.434 e. The van der Waals surface area contributed by atoms with Crippen LogP contribution in [-0.2, 0) is 12.6 Å². The Bertz CT molecular complexity index is 465. The first kappa shape index (κ1) is 15.5. The summed E-state index contributed by atoms with van der Waals surface area (Å²) in [6.07, 6.45) is -4.02. The van der Waals surface area contributed by atoms with Crippen molar-refractivity contribution in [2.75, 3.05) is 13.1 Å². The van der Waals surface area contributed by atoms with Crippen LogP contribution in [0.3, 0.4) is 0 Å². The highest BCUT2D eigenvalue weighted by Gasteiger charge is 2.33. The Morgan fingerprint density at radius 3 is 2.79 bits per heavy atom. The molecule has 0 atom stereocenters. The van der Waals surface area contributed by atoms with Gasteiger partial charge < -0.3 is 11.1 Å². The van der Waals surface area contributed by atoms with Gasteiger partial charge in [-0.25, -0.2) is 9.98 Å². The number of nitrogens with two attached hydrogens (primary N) is 1. The van der Waals surface area contributed by atoms with Gasteiger partial charge in [0.05, 0.1) is 11.6 Å². The maximum Gasteiger partial charge on any atom is 0.434 e. The lowest BCUT2D eigenvalue weighted by molar-refractivity contribution is -0.140. The van der Waals surface area contributed by atoms with E-state index in [1.54, 1.807) is 0 Å². The van der Waals surface area contributed by atoms with Gasteiger partial charge in [-0.1, -0.05) is 12.2 Å². The fraction of sp³-hybridized carbons (Fsp3) is 0.455. The van der Waals surface area contributed by atoms with E-state index in [2.05, 4.69) is 21.9 Å². The summed E-state index contributed by atoms with van der Waals surface area (Å²) in [4.78, 5) is 7.50. The highest BCUT2D eigenvalue weighted by Crippen LogP contribution is 2.29. The van der Waals surface area contributed by atoms with Crippen molar-refractivity contribution in [2.45, 2.75) is 19.5 Å². The SMILES string of the molecule is C=C(C)CN=C(N)NCCc1nc(C(F)(F)F)cs1. The third-order valence-corrected chi connectivity index (χ3v) is 2.92. The first-order valence-corrected chi connectivity index (χ1v) is 6.37. The van der Waals surface area contributed by atoms with Gasteiger partial charge in [0.25, 0.3) is 0 Å². The number of thiazole rings is 1. The molecule has 0 saturated carbocycles. The molecule has 106 valence electrons. The van der Waals surface area contributed by atoms with Crippen molar-refractivity contribution in [3.05, 3.63) is 28.2 Å². The van der Waals surface area contributed by atoms with Crippen LogP contribution < -0.4 is 11.1 Å². The Morgan fingerprint density at radius 2 is 2.26 bits per heavy atom. The summed E-state index contributed by atoms with van der Waals surface area (Å²) in [6.45, 7) is 6.31. The summed E-state index contributed by atoms with van der Waals surface area (Å²) in [5.74, 6) is 0.246. The molecule has 1 heterocycles. The highest BCUT2D eigenvalue weighted by atomic mass is 32.1. The lowest BCUT2D eigenvalue weighted by atomic mass is 10.4. The van der Waals surface area contributed by atoms with E-state index in [4.69, 9.17) is 5.73 Å². The monoisotopic (exact) mass is 292 g/mol. The summed E-state index contributed by atoms with van der Waals surface area (Å²) in [5, 5.41) is 4.22. The van der Waals surface area contributed by atoms with Crippen molar-refractivity contribution in [1.29, 1.82) is 0 Å². The topological polar surface area (TPSA) is 63.3 Å². The fourth-order valence-corrected chi connectivity index (χ4v) is 1.93. The molecule has 1 aromatic heterocycles. The van der Waals surface area contributed by atoms with Crippen LogP contribution in [0.15, 0.2) is 22.5 Å². The molecule has 0 fully saturated rings. The number of nitrogens with zero attached hydrogens (tertiary/aromatic N) is 2. The number of guanidine groups is 1. The molecular formula is C11H15F3N4S. The molecule has 0 saturated heterocycles. The van der Waals surface area contributed by atoms with E-state index in [0.717, 1.165) is 22.3 Å². The smallest absolute Gasteiger partial charge is 0.370 e. The Hall–Kier alpha value is -1.57. The number of rotatable bonds is 5. The average molecular weight is 292 g/mol. The zero-order valence-corrected chi connectivity index (χ0v) is 11.2. The molecule has 0 aromatic carbocycles. The fourth-order valence-electron chi connectivity index (χ4n) is 1.13. The molecule has 1 aromatic rings. The van der Waals surface area contributed by atoms with Crippen molar-refractivity contribution in [3.63, 3.8) is 0 Å². The number of nitrogens with one attached hydrogen (secondary N) is 1.